The van der Waals surface area contributed by atoms with E-state index in [1.165, 1.54) is 5.69 Å². The van der Waals surface area contributed by atoms with Crippen LogP contribution in [-0.4, -0.2) is 45.8 Å². The van der Waals surface area contributed by atoms with E-state index in [9.17, 15) is 4.79 Å². The van der Waals surface area contributed by atoms with Gasteiger partial charge in [-0.15, -0.1) is 0 Å². The Balaban J connectivity index is 1.52. The van der Waals surface area contributed by atoms with Crippen molar-refractivity contribution in [1.29, 1.82) is 0 Å². The highest BCUT2D eigenvalue weighted by atomic mass is 16.2. The van der Waals surface area contributed by atoms with Crippen LogP contribution in [0.25, 0.3) is 0 Å². The summed E-state index contributed by atoms with van der Waals surface area (Å²) in [4.78, 5) is 14.4. The van der Waals surface area contributed by atoms with Crippen molar-refractivity contribution < 1.29 is 4.79 Å². The number of nitrogens with one attached hydrogen (secondary N) is 1. The van der Waals surface area contributed by atoms with Crippen molar-refractivity contribution in [2.45, 2.75) is 50.6 Å². The molecule has 1 aliphatic carbocycles. The summed E-state index contributed by atoms with van der Waals surface area (Å²) in [6, 6.07) is 2.57. The van der Waals surface area contributed by atoms with Gasteiger partial charge in [0.2, 0.25) is 5.91 Å². The Kier molecular flexibility index (Phi) is 3.78. The van der Waals surface area contributed by atoms with Gasteiger partial charge in [0.1, 0.15) is 0 Å². The maximum Gasteiger partial charge on any atom is 0.237 e. The van der Waals surface area contributed by atoms with Crippen LogP contribution in [0.5, 0.6) is 0 Å². The first-order valence-electron chi connectivity index (χ1n) is 7.67. The van der Waals surface area contributed by atoms with E-state index in [0.717, 1.165) is 38.8 Å². The van der Waals surface area contributed by atoms with Crippen LogP contribution in [0, 0.1) is 0 Å². The van der Waals surface area contributed by atoms with Crippen molar-refractivity contribution in [1.82, 2.24) is 20.0 Å². The van der Waals surface area contributed by atoms with Crippen molar-refractivity contribution in [3.05, 3.63) is 18.0 Å². The fraction of sp³-hybridized carbons (Fsp3) is 0.733. The van der Waals surface area contributed by atoms with Crippen LogP contribution in [0.1, 0.15) is 44.2 Å². The molecule has 1 atom stereocenters. The van der Waals surface area contributed by atoms with E-state index in [0.29, 0.717) is 12.0 Å². The van der Waals surface area contributed by atoms with Crippen molar-refractivity contribution >= 4 is 5.91 Å². The maximum atomic E-state index is 12.1. The van der Waals surface area contributed by atoms with Gasteiger partial charge in [-0.1, -0.05) is 0 Å². The van der Waals surface area contributed by atoms with E-state index in [1.807, 2.05) is 24.9 Å². The summed E-state index contributed by atoms with van der Waals surface area (Å²) >= 11 is 0. The van der Waals surface area contributed by atoms with Gasteiger partial charge in [-0.2, -0.15) is 5.10 Å². The van der Waals surface area contributed by atoms with Gasteiger partial charge in [0, 0.05) is 30.9 Å². The largest absolute Gasteiger partial charge is 0.352 e. The molecule has 1 aromatic heterocycles. The third-order valence-electron chi connectivity index (χ3n) is 4.66. The number of aryl methyl sites for hydroxylation is 1. The lowest BCUT2D eigenvalue weighted by Crippen LogP contribution is -2.48. The predicted molar refractivity (Wildman–Crippen MR) is 77.4 cm³/mol. The first kappa shape index (κ1) is 13.6. The number of aromatic nitrogens is 2. The highest BCUT2D eigenvalue weighted by molar-refractivity contribution is 5.81. The first-order chi connectivity index (χ1) is 9.65. The molecule has 0 aromatic carbocycles. The average molecular weight is 276 g/mol. The summed E-state index contributed by atoms with van der Waals surface area (Å²) in [5, 5.41) is 7.36. The summed E-state index contributed by atoms with van der Waals surface area (Å²) in [5.41, 5.74) is 1.32. The molecule has 1 saturated carbocycles. The Morgan fingerprint density at radius 2 is 2.05 bits per heavy atom. The quantitative estimate of drug-likeness (QED) is 0.901. The van der Waals surface area contributed by atoms with Crippen LogP contribution in [0.15, 0.2) is 12.3 Å². The average Bonchev–Trinajstić information content (AvgIpc) is 3.17. The number of amides is 1. The van der Waals surface area contributed by atoms with Crippen molar-refractivity contribution in [2.24, 2.45) is 7.05 Å². The molecule has 0 bridgehead atoms. The van der Waals surface area contributed by atoms with Crippen LogP contribution in [0.3, 0.4) is 0 Å². The molecule has 2 fully saturated rings. The minimum Gasteiger partial charge on any atom is -0.352 e. The number of carbonyl (C=O) groups excluding carboxylic acids is 1. The lowest BCUT2D eigenvalue weighted by atomic mass is 9.92. The molecule has 3 rings (SSSR count). The molecule has 1 aromatic rings. The van der Waals surface area contributed by atoms with Gasteiger partial charge in [-0.05, 0) is 51.8 Å². The Labute approximate surface area is 120 Å². The van der Waals surface area contributed by atoms with E-state index in [-0.39, 0.29) is 11.9 Å². The van der Waals surface area contributed by atoms with Gasteiger partial charge in [-0.3, -0.25) is 14.4 Å². The Morgan fingerprint density at radius 3 is 2.60 bits per heavy atom. The number of carbonyl (C=O) groups is 1. The monoisotopic (exact) mass is 276 g/mol. The van der Waals surface area contributed by atoms with E-state index in [2.05, 4.69) is 21.4 Å². The highest BCUT2D eigenvalue weighted by Gasteiger charge is 2.31. The minimum atomic E-state index is 0.00286. The normalized spacial score (nSPS) is 22.7. The Bertz CT molecular complexity index is 472. The third-order valence-corrected chi connectivity index (χ3v) is 4.66. The molecule has 0 spiro atoms. The summed E-state index contributed by atoms with van der Waals surface area (Å²) in [7, 11) is 2.01. The zero-order valence-electron chi connectivity index (χ0n) is 12.4. The van der Waals surface area contributed by atoms with Gasteiger partial charge >= 0.3 is 0 Å². The molecule has 1 N–H and O–H groups in total. The molecule has 1 unspecified atom stereocenters. The van der Waals surface area contributed by atoms with E-state index < -0.39 is 0 Å². The first-order valence-corrected chi connectivity index (χ1v) is 7.67. The number of rotatable bonds is 4. The molecule has 1 saturated heterocycles. The van der Waals surface area contributed by atoms with E-state index in [1.54, 1.807) is 0 Å². The lowest BCUT2D eigenvalue weighted by molar-refractivity contribution is -0.126. The van der Waals surface area contributed by atoms with Gasteiger partial charge < -0.3 is 5.32 Å². The zero-order valence-corrected chi connectivity index (χ0v) is 12.4. The fourth-order valence-corrected chi connectivity index (χ4v) is 3.08. The second-order valence-electron chi connectivity index (χ2n) is 6.15. The molecule has 110 valence electrons. The summed E-state index contributed by atoms with van der Waals surface area (Å²) in [5.74, 6) is 0.781. The molecule has 20 heavy (non-hydrogen) atoms. The van der Waals surface area contributed by atoms with Gasteiger partial charge in [0.05, 0.1) is 6.04 Å². The maximum absolute atomic E-state index is 12.1. The van der Waals surface area contributed by atoms with Crippen LogP contribution in [0.2, 0.25) is 0 Å². The second-order valence-corrected chi connectivity index (χ2v) is 6.15. The molecular weight excluding hydrogens is 252 g/mol. The summed E-state index contributed by atoms with van der Waals surface area (Å²) < 4.78 is 1.98. The van der Waals surface area contributed by atoms with Crippen molar-refractivity contribution in [3.8, 4) is 0 Å². The van der Waals surface area contributed by atoms with Crippen LogP contribution < -0.4 is 5.32 Å². The van der Waals surface area contributed by atoms with E-state index in [4.69, 9.17) is 0 Å². The highest BCUT2D eigenvalue weighted by Crippen LogP contribution is 2.28. The molecule has 1 aliphatic heterocycles. The molecule has 5 nitrogen and oxygen atoms in total. The van der Waals surface area contributed by atoms with Gasteiger partial charge in [0.15, 0.2) is 0 Å². The zero-order chi connectivity index (χ0) is 14.1. The molecule has 2 aliphatic rings. The molecule has 2 heterocycles. The summed E-state index contributed by atoms with van der Waals surface area (Å²) in [6.07, 6.45) is 6.40. The van der Waals surface area contributed by atoms with Crippen molar-refractivity contribution in [2.75, 3.05) is 13.1 Å². The fourth-order valence-electron chi connectivity index (χ4n) is 3.08. The number of nitrogens with zero attached hydrogens (tertiary/aromatic N) is 3. The number of likely N-dealkylation sites (tertiary alicyclic amines) is 1. The molecular formula is C15H24N4O. The molecule has 5 heteroatoms. The van der Waals surface area contributed by atoms with Gasteiger partial charge in [-0.25, -0.2) is 0 Å². The number of hydrogen-bond acceptors (Lipinski definition) is 3. The topological polar surface area (TPSA) is 50.2 Å². The van der Waals surface area contributed by atoms with Crippen LogP contribution >= 0.6 is 0 Å². The second kappa shape index (κ2) is 5.56. The molecule has 0 radical (unpaired) electrons. The standard InChI is InChI=1S/C15H24N4O/c1-11(15(20)17-13-3-4-13)19-9-6-12(7-10-19)14-5-8-16-18(14)2/h5,8,11-13H,3-4,6-7,9-10H2,1-2H3,(H,17,20). The number of piperidine rings is 1. The lowest BCUT2D eigenvalue weighted by Gasteiger charge is -2.35. The Morgan fingerprint density at radius 1 is 1.35 bits per heavy atom. The van der Waals surface area contributed by atoms with Crippen LogP contribution in [-0.2, 0) is 11.8 Å². The van der Waals surface area contributed by atoms with Gasteiger partial charge in [0.25, 0.3) is 0 Å². The number of hydrogen-bond donors (Lipinski definition) is 1. The van der Waals surface area contributed by atoms with E-state index >= 15 is 0 Å². The smallest absolute Gasteiger partial charge is 0.237 e. The molecule has 1 amide bonds. The van der Waals surface area contributed by atoms with Crippen molar-refractivity contribution in [3.63, 3.8) is 0 Å². The SMILES string of the molecule is CC(C(=O)NC1CC1)N1CCC(c2ccnn2C)CC1. The Hall–Kier alpha value is -1.36. The van der Waals surface area contributed by atoms with Crippen LogP contribution in [0.4, 0.5) is 0 Å². The summed E-state index contributed by atoms with van der Waals surface area (Å²) in [6.45, 7) is 4.02. The minimum absolute atomic E-state index is 0.00286. The third kappa shape index (κ3) is 2.87. The predicted octanol–water partition coefficient (Wildman–Crippen LogP) is 1.27.